The zero-order valence-electron chi connectivity index (χ0n) is 21.4. The number of nitrogens with zero attached hydrogens (tertiary/aromatic N) is 6. The van der Waals surface area contributed by atoms with E-state index in [9.17, 15) is 19.7 Å². The van der Waals surface area contributed by atoms with E-state index >= 15 is 0 Å². The number of fused-ring (bicyclic) bond motifs is 3. The number of ether oxygens (including phenoxy) is 1. The van der Waals surface area contributed by atoms with Gasteiger partial charge in [0.15, 0.2) is 5.82 Å². The van der Waals surface area contributed by atoms with Gasteiger partial charge in [-0.3, -0.25) is 4.79 Å². The summed E-state index contributed by atoms with van der Waals surface area (Å²) in [6.07, 6.45) is 2.79. The number of carbonyl (C=O) groups excluding carboxylic acids is 1. The first-order valence-electron chi connectivity index (χ1n) is 12.5. The van der Waals surface area contributed by atoms with E-state index in [-0.39, 0.29) is 23.2 Å². The van der Waals surface area contributed by atoms with Crippen LogP contribution in [0.3, 0.4) is 0 Å². The molecule has 1 amide bonds. The molecule has 1 saturated heterocycles. The van der Waals surface area contributed by atoms with Crippen LogP contribution in [0, 0.1) is 28.5 Å². The Hall–Kier alpha value is -5.02. The molecule has 0 spiro atoms. The number of imidazole rings is 1. The first-order valence-corrected chi connectivity index (χ1v) is 12.5. The first-order chi connectivity index (χ1) is 18.9. The molecule has 0 bridgehead atoms. The molecule has 2 aromatic heterocycles. The van der Waals surface area contributed by atoms with Crippen molar-refractivity contribution in [2.24, 2.45) is 0 Å². The summed E-state index contributed by atoms with van der Waals surface area (Å²) in [7, 11) is 1.58. The van der Waals surface area contributed by atoms with Crippen LogP contribution in [-0.4, -0.2) is 44.5 Å². The molecule has 0 unspecified atom stereocenters. The summed E-state index contributed by atoms with van der Waals surface area (Å²) in [4.78, 5) is 24.3. The Labute approximate surface area is 224 Å². The molecule has 6 rings (SSSR count). The Morgan fingerprint density at radius 2 is 1.90 bits per heavy atom. The summed E-state index contributed by atoms with van der Waals surface area (Å²) < 4.78 is 21.4. The minimum Gasteiger partial charge on any atom is -0.496 e. The summed E-state index contributed by atoms with van der Waals surface area (Å²) in [6, 6.07) is 17.9. The summed E-state index contributed by atoms with van der Waals surface area (Å²) >= 11 is 0. The smallest absolute Gasteiger partial charge is 0.291 e. The molecule has 4 heterocycles. The van der Waals surface area contributed by atoms with Crippen LogP contribution in [0.1, 0.15) is 35.2 Å². The van der Waals surface area contributed by atoms with Crippen LogP contribution in [0.4, 0.5) is 4.39 Å². The van der Waals surface area contributed by atoms with Crippen molar-refractivity contribution in [3.63, 3.8) is 0 Å². The fourth-order valence-corrected chi connectivity index (χ4v) is 5.41. The minimum atomic E-state index is -0.874. The number of aromatic nitrogens is 3. The maximum Gasteiger partial charge on any atom is 0.291 e. The van der Waals surface area contributed by atoms with Crippen molar-refractivity contribution in [2.75, 3.05) is 13.7 Å². The maximum absolute atomic E-state index is 13.8. The number of rotatable bonds is 4. The molecule has 0 aliphatic carbocycles. The van der Waals surface area contributed by atoms with Crippen molar-refractivity contribution >= 4 is 5.91 Å². The number of nitriles is 2. The molecule has 192 valence electrons. The van der Waals surface area contributed by atoms with Gasteiger partial charge in [-0.25, -0.2) is 14.4 Å². The number of pyridine rings is 1. The number of hydrogen-bond acceptors (Lipinski definition) is 6. The predicted octanol–water partition coefficient (Wildman–Crippen LogP) is 4.98. The molecule has 8 nitrogen and oxygen atoms in total. The Bertz CT molecular complexity index is 1730. The van der Waals surface area contributed by atoms with Crippen molar-refractivity contribution in [1.82, 2.24) is 19.4 Å². The highest BCUT2D eigenvalue weighted by molar-refractivity contribution is 5.96. The van der Waals surface area contributed by atoms with Crippen molar-refractivity contribution in [1.29, 1.82) is 10.5 Å². The Morgan fingerprint density at radius 1 is 1.10 bits per heavy atom. The Morgan fingerprint density at radius 3 is 2.56 bits per heavy atom. The van der Waals surface area contributed by atoms with Gasteiger partial charge in [-0.2, -0.15) is 10.5 Å². The van der Waals surface area contributed by atoms with Gasteiger partial charge in [-0.05, 0) is 67.4 Å². The largest absolute Gasteiger partial charge is 0.496 e. The lowest BCUT2D eigenvalue weighted by molar-refractivity contribution is 0.0287. The summed E-state index contributed by atoms with van der Waals surface area (Å²) in [5.41, 5.74) is 4.47. The third kappa shape index (κ3) is 3.74. The second-order valence-corrected chi connectivity index (χ2v) is 9.85. The molecule has 2 aliphatic rings. The van der Waals surface area contributed by atoms with Crippen LogP contribution in [0.2, 0.25) is 0 Å². The molecule has 9 heteroatoms. The Kier molecular flexibility index (Phi) is 5.66. The van der Waals surface area contributed by atoms with Gasteiger partial charge in [-0.1, -0.05) is 0 Å². The predicted molar refractivity (Wildman–Crippen MR) is 141 cm³/mol. The monoisotopic (exact) mass is 518 g/mol. The molecule has 39 heavy (non-hydrogen) atoms. The molecular weight excluding hydrogens is 495 g/mol. The Balaban J connectivity index is 1.60. The summed E-state index contributed by atoms with van der Waals surface area (Å²) in [6.45, 7) is 2.73. The van der Waals surface area contributed by atoms with E-state index in [1.165, 1.54) is 12.1 Å². The van der Waals surface area contributed by atoms with E-state index in [1.807, 2.05) is 22.8 Å². The van der Waals surface area contributed by atoms with E-state index in [0.717, 1.165) is 16.8 Å². The van der Waals surface area contributed by atoms with Crippen LogP contribution in [0.15, 0.2) is 54.7 Å². The quantitative estimate of drug-likeness (QED) is 0.377. The van der Waals surface area contributed by atoms with Crippen LogP contribution < -0.4 is 4.74 Å². The maximum atomic E-state index is 13.8. The second-order valence-electron chi connectivity index (χ2n) is 9.85. The number of halogens is 1. The number of amides is 1. The molecule has 0 saturated carbocycles. The summed E-state index contributed by atoms with van der Waals surface area (Å²) in [5.74, 6) is 0.168. The number of methoxy groups -OCH3 is 1. The van der Waals surface area contributed by atoms with Crippen LogP contribution in [0.25, 0.3) is 33.6 Å². The van der Waals surface area contributed by atoms with Gasteiger partial charge in [0.2, 0.25) is 0 Å². The van der Waals surface area contributed by atoms with E-state index in [4.69, 9.17) is 9.72 Å². The van der Waals surface area contributed by atoms with Crippen molar-refractivity contribution in [2.45, 2.75) is 31.8 Å². The zero-order chi connectivity index (χ0) is 27.3. The topological polar surface area (TPSA) is 108 Å². The highest BCUT2D eigenvalue weighted by Gasteiger charge is 2.46. The lowest BCUT2D eigenvalue weighted by Crippen LogP contribution is -2.59. The van der Waals surface area contributed by atoms with Gasteiger partial charge >= 0.3 is 0 Å². The number of hydrogen-bond donors (Lipinski definition) is 0. The molecule has 2 aliphatic heterocycles. The molecular formula is C30H23FN6O2. The second kappa shape index (κ2) is 9.07. The van der Waals surface area contributed by atoms with Gasteiger partial charge in [0, 0.05) is 48.0 Å². The standard InChI is InChI=1S/C30H23FN6O2/c1-30(17-33)10-13-37(30)29(38)28-35-26(18-5-7-20(31)8-6-18)27-22-15-23(21-4-3-11-34-24(21)16-32)25(39-2)14-19(22)9-12-36(27)28/h3-8,11,14-15H,9-10,12-13H2,1-2H3/t30-/m1/s1. The lowest BCUT2D eigenvalue weighted by Gasteiger charge is -2.45. The molecule has 0 N–H and O–H groups in total. The number of carbonyl (C=O) groups is 1. The van der Waals surface area contributed by atoms with E-state index in [0.29, 0.717) is 54.1 Å². The fraction of sp³-hybridized carbons (Fsp3) is 0.233. The van der Waals surface area contributed by atoms with Gasteiger partial charge in [0.25, 0.3) is 5.91 Å². The molecule has 2 aromatic carbocycles. The van der Waals surface area contributed by atoms with Gasteiger partial charge in [0.1, 0.15) is 28.9 Å². The highest BCUT2D eigenvalue weighted by Crippen LogP contribution is 2.44. The van der Waals surface area contributed by atoms with Gasteiger partial charge in [0.05, 0.1) is 24.6 Å². The van der Waals surface area contributed by atoms with E-state index < -0.39 is 5.54 Å². The third-order valence-corrected chi connectivity index (χ3v) is 7.67. The fourth-order valence-electron chi connectivity index (χ4n) is 5.41. The van der Waals surface area contributed by atoms with E-state index in [2.05, 4.69) is 17.1 Å². The number of aryl methyl sites for hydroxylation is 1. The molecule has 4 aromatic rings. The number of benzene rings is 2. The zero-order valence-corrected chi connectivity index (χ0v) is 21.4. The van der Waals surface area contributed by atoms with Crippen molar-refractivity contribution in [3.8, 4) is 51.5 Å². The van der Waals surface area contributed by atoms with Crippen LogP contribution >= 0.6 is 0 Å². The van der Waals surface area contributed by atoms with Crippen molar-refractivity contribution < 1.29 is 13.9 Å². The normalized spacial score (nSPS) is 17.3. The highest BCUT2D eigenvalue weighted by atomic mass is 19.1. The average Bonchev–Trinajstić information content (AvgIpc) is 3.36. The van der Waals surface area contributed by atoms with E-state index in [1.54, 1.807) is 43.3 Å². The molecule has 1 atom stereocenters. The molecule has 0 radical (unpaired) electrons. The van der Waals surface area contributed by atoms with Gasteiger partial charge < -0.3 is 14.2 Å². The minimum absolute atomic E-state index is 0.243. The summed E-state index contributed by atoms with van der Waals surface area (Å²) in [5, 5.41) is 19.4. The average molecular weight is 519 g/mol. The third-order valence-electron chi connectivity index (χ3n) is 7.67. The first kappa shape index (κ1) is 24.3. The van der Waals surface area contributed by atoms with Crippen molar-refractivity contribution in [3.05, 3.63) is 77.6 Å². The lowest BCUT2D eigenvalue weighted by atomic mass is 9.88. The number of likely N-dealkylation sites (tertiary alicyclic amines) is 1. The van der Waals surface area contributed by atoms with Gasteiger partial charge in [-0.15, -0.1) is 0 Å². The molecule has 1 fully saturated rings. The van der Waals surface area contributed by atoms with Crippen LogP contribution in [-0.2, 0) is 13.0 Å². The van der Waals surface area contributed by atoms with Crippen LogP contribution in [0.5, 0.6) is 5.75 Å². The SMILES string of the molecule is COc1cc2c(cc1-c1cccnc1C#N)-c1c(-c3ccc(F)cc3)nc(C(=O)N3CC[C@]3(C)C#N)n1CC2.